The van der Waals surface area contributed by atoms with Crippen LogP contribution in [0.2, 0.25) is 0 Å². The molecule has 0 radical (unpaired) electrons. The summed E-state index contributed by atoms with van der Waals surface area (Å²) >= 11 is 0. The smallest absolute Gasteiger partial charge is 0.160 e. The molecule has 4 heteroatoms. The Bertz CT molecular complexity index is 2910. The molecule has 0 unspecified atom stereocenters. The van der Waals surface area contributed by atoms with Crippen molar-refractivity contribution in [1.82, 2.24) is 9.97 Å². The lowest BCUT2D eigenvalue weighted by atomic mass is 10.0. The van der Waals surface area contributed by atoms with E-state index >= 15 is 0 Å². The molecule has 0 aliphatic carbocycles. The summed E-state index contributed by atoms with van der Waals surface area (Å²) in [6.45, 7) is 0. The predicted molar refractivity (Wildman–Crippen MR) is 223 cm³/mol. The molecule has 0 fully saturated rings. The first-order valence-corrected chi connectivity index (χ1v) is 18.2. The number of anilines is 3. The average molecular weight is 692 g/mol. The maximum absolute atomic E-state index is 6.54. The molecule has 0 atom stereocenters. The molecule has 2 heterocycles. The highest BCUT2D eigenvalue weighted by Crippen LogP contribution is 2.40. The molecule has 10 aromatic rings. The second-order valence-corrected chi connectivity index (χ2v) is 13.4. The second kappa shape index (κ2) is 13.4. The van der Waals surface area contributed by atoms with Crippen LogP contribution in [0.3, 0.4) is 0 Å². The number of para-hydroxylation sites is 1. The number of rotatable bonds is 7. The van der Waals surface area contributed by atoms with Gasteiger partial charge >= 0.3 is 0 Å². The normalized spacial score (nSPS) is 11.3. The zero-order valence-electron chi connectivity index (χ0n) is 29.3. The number of hydrogen-bond acceptors (Lipinski definition) is 4. The molecular weight excluding hydrogens is 659 g/mol. The minimum atomic E-state index is 0.650. The third-order valence-electron chi connectivity index (χ3n) is 10.1. The summed E-state index contributed by atoms with van der Waals surface area (Å²) in [6.07, 6.45) is 0. The summed E-state index contributed by atoms with van der Waals surface area (Å²) in [5, 5.41) is 4.42. The molecule has 0 amide bonds. The molecule has 0 aliphatic heterocycles. The molecule has 2 aromatic heterocycles. The van der Waals surface area contributed by atoms with Crippen LogP contribution in [0.25, 0.3) is 77.7 Å². The van der Waals surface area contributed by atoms with Crippen molar-refractivity contribution in [3.63, 3.8) is 0 Å². The van der Waals surface area contributed by atoms with Crippen LogP contribution in [0.4, 0.5) is 17.1 Å². The lowest BCUT2D eigenvalue weighted by Gasteiger charge is -2.25. The fourth-order valence-corrected chi connectivity index (χ4v) is 7.42. The van der Waals surface area contributed by atoms with E-state index in [0.29, 0.717) is 5.82 Å². The molecule has 0 spiro atoms. The summed E-state index contributed by atoms with van der Waals surface area (Å²) in [7, 11) is 0. The average Bonchev–Trinajstić information content (AvgIpc) is 3.62. The first kappa shape index (κ1) is 31.4. The van der Waals surface area contributed by atoms with Gasteiger partial charge in [-0.25, -0.2) is 9.97 Å². The van der Waals surface area contributed by atoms with Crippen LogP contribution in [0.5, 0.6) is 0 Å². The van der Waals surface area contributed by atoms with Gasteiger partial charge in [0.25, 0.3) is 0 Å². The van der Waals surface area contributed by atoms with Gasteiger partial charge < -0.3 is 9.32 Å². The second-order valence-electron chi connectivity index (χ2n) is 13.4. The topological polar surface area (TPSA) is 42.2 Å². The van der Waals surface area contributed by atoms with E-state index in [1.807, 2.05) is 24.3 Å². The lowest BCUT2D eigenvalue weighted by Crippen LogP contribution is -2.09. The van der Waals surface area contributed by atoms with Crippen LogP contribution in [-0.2, 0) is 0 Å². The van der Waals surface area contributed by atoms with Crippen LogP contribution >= 0.6 is 0 Å². The molecule has 4 nitrogen and oxygen atoms in total. The highest BCUT2D eigenvalue weighted by molar-refractivity contribution is 6.07. The molecule has 54 heavy (non-hydrogen) atoms. The van der Waals surface area contributed by atoms with Crippen molar-refractivity contribution in [2.45, 2.75) is 0 Å². The summed E-state index contributed by atoms with van der Waals surface area (Å²) in [5.41, 5.74) is 12.0. The van der Waals surface area contributed by atoms with Gasteiger partial charge in [-0.2, -0.15) is 0 Å². The molecule has 0 bridgehead atoms. The van der Waals surface area contributed by atoms with E-state index in [2.05, 4.69) is 181 Å². The molecular formula is C50H33N3O. The van der Waals surface area contributed by atoms with Gasteiger partial charge in [0.1, 0.15) is 11.2 Å². The van der Waals surface area contributed by atoms with Crippen molar-refractivity contribution < 1.29 is 4.42 Å². The maximum Gasteiger partial charge on any atom is 0.160 e. The van der Waals surface area contributed by atoms with Crippen molar-refractivity contribution in [1.29, 1.82) is 0 Å². The van der Waals surface area contributed by atoms with Crippen LogP contribution in [-0.4, -0.2) is 9.97 Å². The third kappa shape index (κ3) is 5.76. The van der Waals surface area contributed by atoms with Gasteiger partial charge in [0.2, 0.25) is 0 Å². The Morgan fingerprint density at radius 1 is 0.352 bits per heavy atom. The minimum absolute atomic E-state index is 0.650. The van der Waals surface area contributed by atoms with Crippen LogP contribution in [0, 0.1) is 0 Å². The number of aromatic nitrogens is 2. The van der Waals surface area contributed by atoms with Gasteiger partial charge in [-0.1, -0.05) is 140 Å². The van der Waals surface area contributed by atoms with E-state index < -0.39 is 0 Å². The van der Waals surface area contributed by atoms with Crippen molar-refractivity contribution >= 4 is 49.8 Å². The van der Waals surface area contributed by atoms with E-state index in [9.17, 15) is 0 Å². The fraction of sp³-hybridized carbons (Fsp3) is 0. The van der Waals surface area contributed by atoms with Crippen molar-refractivity contribution in [2.24, 2.45) is 0 Å². The number of furan rings is 1. The largest absolute Gasteiger partial charge is 0.456 e. The van der Waals surface area contributed by atoms with Crippen molar-refractivity contribution in [3.8, 4) is 45.0 Å². The Labute approximate surface area is 313 Å². The number of benzene rings is 8. The van der Waals surface area contributed by atoms with Gasteiger partial charge in [0.05, 0.1) is 11.4 Å². The Morgan fingerprint density at radius 2 is 0.963 bits per heavy atom. The quantitative estimate of drug-likeness (QED) is 0.167. The molecule has 0 N–H and O–H groups in total. The standard InChI is InChI=1S/C50H33N3O/c1-4-13-34(14-5-1)35-23-26-40(27-24-35)53(39-19-8-3-9-20-39)41-28-30-48-45(32-41)44-29-25-38(31-49(44)54-48)50-51-46(37-16-6-2-7-17-37)33-47(52-50)43-22-12-18-36-15-10-11-21-42(36)43/h1-33H. The summed E-state index contributed by atoms with van der Waals surface area (Å²) in [5.74, 6) is 0.650. The SMILES string of the molecule is c1ccc(-c2ccc(N(c3ccccc3)c3ccc4oc5cc(-c6nc(-c7ccccc7)cc(-c7cccc8ccccc78)n6)ccc5c4c3)cc2)cc1. The van der Waals surface area contributed by atoms with Gasteiger partial charge in [-0.15, -0.1) is 0 Å². The summed E-state index contributed by atoms with van der Waals surface area (Å²) in [6, 6.07) is 69.7. The molecule has 0 saturated carbocycles. The molecule has 8 aromatic carbocycles. The van der Waals surface area contributed by atoms with E-state index in [1.54, 1.807) is 0 Å². The maximum atomic E-state index is 6.54. The highest BCUT2D eigenvalue weighted by Gasteiger charge is 2.18. The summed E-state index contributed by atoms with van der Waals surface area (Å²) < 4.78 is 6.54. The lowest BCUT2D eigenvalue weighted by molar-refractivity contribution is 0.669. The first-order chi connectivity index (χ1) is 26.7. The van der Waals surface area contributed by atoms with E-state index in [0.717, 1.165) is 72.5 Å². The third-order valence-corrected chi connectivity index (χ3v) is 10.1. The van der Waals surface area contributed by atoms with E-state index in [4.69, 9.17) is 14.4 Å². The van der Waals surface area contributed by atoms with Gasteiger partial charge in [0.15, 0.2) is 5.82 Å². The number of fused-ring (bicyclic) bond motifs is 4. The zero-order valence-corrected chi connectivity index (χ0v) is 29.3. The van der Waals surface area contributed by atoms with Gasteiger partial charge in [-0.05, 0) is 82.6 Å². The summed E-state index contributed by atoms with van der Waals surface area (Å²) in [4.78, 5) is 12.6. The zero-order chi connectivity index (χ0) is 35.8. The molecule has 10 rings (SSSR count). The first-order valence-electron chi connectivity index (χ1n) is 18.2. The van der Waals surface area contributed by atoms with E-state index in [1.165, 1.54) is 16.5 Å². The Hall–Kier alpha value is -7.30. The fourth-order valence-electron chi connectivity index (χ4n) is 7.42. The number of nitrogens with zero attached hydrogens (tertiary/aromatic N) is 3. The van der Waals surface area contributed by atoms with Crippen molar-refractivity contribution in [2.75, 3.05) is 4.90 Å². The Balaban J connectivity index is 1.07. The highest BCUT2D eigenvalue weighted by atomic mass is 16.3. The Morgan fingerprint density at radius 3 is 1.76 bits per heavy atom. The van der Waals surface area contributed by atoms with Gasteiger partial charge in [-0.3, -0.25) is 0 Å². The van der Waals surface area contributed by atoms with Crippen LogP contribution in [0.15, 0.2) is 205 Å². The minimum Gasteiger partial charge on any atom is -0.456 e. The Kier molecular flexibility index (Phi) is 7.77. The van der Waals surface area contributed by atoms with E-state index in [-0.39, 0.29) is 0 Å². The van der Waals surface area contributed by atoms with Crippen LogP contribution in [0.1, 0.15) is 0 Å². The van der Waals surface area contributed by atoms with Gasteiger partial charge in [0, 0.05) is 44.5 Å². The van der Waals surface area contributed by atoms with Crippen LogP contribution < -0.4 is 4.90 Å². The number of hydrogen-bond donors (Lipinski definition) is 0. The molecule has 0 aliphatic rings. The molecule has 254 valence electrons. The van der Waals surface area contributed by atoms with Crippen molar-refractivity contribution in [3.05, 3.63) is 200 Å². The monoisotopic (exact) mass is 691 g/mol. The predicted octanol–water partition coefficient (Wildman–Crippen LogP) is 13.7. The molecule has 0 saturated heterocycles.